The highest BCUT2D eigenvalue weighted by Gasteiger charge is 2.15. The predicted molar refractivity (Wildman–Crippen MR) is 89.4 cm³/mol. The highest BCUT2D eigenvalue weighted by atomic mass is 16.3. The van der Waals surface area contributed by atoms with Crippen LogP contribution in [0.15, 0.2) is 50.5 Å². The van der Waals surface area contributed by atoms with Gasteiger partial charge in [-0.3, -0.25) is 9.59 Å². The zero-order valence-corrected chi connectivity index (χ0v) is 12.5. The van der Waals surface area contributed by atoms with Crippen LogP contribution in [-0.2, 0) is 0 Å². The normalized spacial score (nSPS) is 11.5. The molecule has 0 amide bonds. The summed E-state index contributed by atoms with van der Waals surface area (Å²) in [7, 11) is 0. The molecule has 0 unspecified atom stereocenters. The number of pyridine rings is 1. The summed E-state index contributed by atoms with van der Waals surface area (Å²) in [6.45, 7) is 0. The molecule has 0 spiro atoms. The Morgan fingerprint density at radius 2 is 2.00 bits per heavy atom. The topological polar surface area (TPSA) is 117 Å². The Morgan fingerprint density at radius 3 is 2.84 bits per heavy atom. The van der Waals surface area contributed by atoms with E-state index in [-0.39, 0.29) is 38.8 Å². The Morgan fingerprint density at radius 1 is 1.16 bits per heavy atom. The molecule has 0 saturated carbocycles. The summed E-state index contributed by atoms with van der Waals surface area (Å²) in [5.74, 6) is 0. The largest absolute Gasteiger partial charge is 0.439 e. The number of H-pyrrole nitrogens is 1. The van der Waals surface area contributed by atoms with Crippen LogP contribution in [0.3, 0.4) is 0 Å². The van der Waals surface area contributed by atoms with E-state index >= 15 is 0 Å². The molecule has 0 fully saturated rings. The van der Waals surface area contributed by atoms with Gasteiger partial charge in [0.15, 0.2) is 5.65 Å². The van der Waals surface area contributed by atoms with Gasteiger partial charge in [-0.1, -0.05) is 12.1 Å². The molecule has 8 nitrogen and oxygen atoms in total. The molecule has 1 aromatic carbocycles. The highest BCUT2D eigenvalue weighted by Crippen LogP contribution is 2.20. The number of hydrogen-bond acceptors (Lipinski definition) is 6. The second-order valence-electron chi connectivity index (χ2n) is 5.52. The number of benzene rings is 1. The summed E-state index contributed by atoms with van der Waals surface area (Å²) < 4.78 is 6.78. The molecule has 0 bridgehead atoms. The van der Waals surface area contributed by atoms with E-state index in [2.05, 4.69) is 15.1 Å². The molecule has 25 heavy (non-hydrogen) atoms. The number of rotatable bonds is 0. The highest BCUT2D eigenvalue weighted by molar-refractivity contribution is 5.94. The van der Waals surface area contributed by atoms with Crippen LogP contribution < -0.4 is 11.0 Å². The van der Waals surface area contributed by atoms with Crippen molar-refractivity contribution in [2.75, 3.05) is 0 Å². The van der Waals surface area contributed by atoms with Gasteiger partial charge < -0.3 is 9.40 Å². The second kappa shape index (κ2) is 4.52. The summed E-state index contributed by atoms with van der Waals surface area (Å²) in [6, 6.07) is 10.2. The van der Waals surface area contributed by atoms with E-state index in [1.54, 1.807) is 24.3 Å². The van der Waals surface area contributed by atoms with Crippen LogP contribution in [-0.4, -0.2) is 19.6 Å². The molecule has 0 saturated heterocycles. The second-order valence-corrected chi connectivity index (χ2v) is 5.52. The van der Waals surface area contributed by atoms with E-state index in [0.717, 1.165) is 4.52 Å². The third-order valence-corrected chi connectivity index (χ3v) is 4.11. The Labute approximate surface area is 137 Å². The van der Waals surface area contributed by atoms with Crippen LogP contribution in [0, 0.1) is 11.3 Å². The molecule has 5 rings (SSSR count). The van der Waals surface area contributed by atoms with Crippen molar-refractivity contribution >= 4 is 38.7 Å². The van der Waals surface area contributed by atoms with Gasteiger partial charge in [0.25, 0.3) is 5.56 Å². The Hall–Kier alpha value is -3.99. The lowest BCUT2D eigenvalue weighted by molar-refractivity contribution is 0.646. The van der Waals surface area contributed by atoms with Crippen molar-refractivity contribution in [1.82, 2.24) is 19.6 Å². The van der Waals surface area contributed by atoms with E-state index in [1.165, 1.54) is 12.3 Å². The Bertz CT molecular complexity index is 1500. The van der Waals surface area contributed by atoms with Gasteiger partial charge in [-0.25, -0.2) is 4.98 Å². The number of nitriles is 1. The number of aromatic amines is 1. The van der Waals surface area contributed by atoms with Crippen molar-refractivity contribution in [2.45, 2.75) is 0 Å². The van der Waals surface area contributed by atoms with Crippen molar-refractivity contribution in [3.63, 3.8) is 0 Å². The first-order chi connectivity index (χ1) is 12.2. The van der Waals surface area contributed by atoms with Crippen LogP contribution in [0.1, 0.15) is 5.56 Å². The minimum absolute atomic E-state index is 0.152. The molecule has 0 atom stereocenters. The van der Waals surface area contributed by atoms with Crippen molar-refractivity contribution in [2.24, 2.45) is 0 Å². The van der Waals surface area contributed by atoms with Gasteiger partial charge >= 0.3 is 0 Å². The molecular weight excluding hydrogens is 322 g/mol. The summed E-state index contributed by atoms with van der Waals surface area (Å²) in [5.41, 5.74) is 0.498. The summed E-state index contributed by atoms with van der Waals surface area (Å²) in [5, 5.41) is 13.9. The number of para-hydroxylation sites is 1. The van der Waals surface area contributed by atoms with Crippen LogP contribution in [0.4, 0.5) is 0 Å². The molecule has 4 heterocycles. The monoisotopic (exact) mass is 329 g/mol. The van der Waals surface area contributed by atoms with E-state index in [0.29, 0.717) is 11.0 Å². The van der Waals surface area contributed by atoms with E-state index in [9.17, 15) is 9.59 Å². The van der Waals surface area contributed by atoms with Crippen LogP contribution in [0.25, 0.3) is 38.7 Å². The smallest absolute Gasteiger partial charge is 0.283 e. The van der Waals surface area contributed by atoms with Gasteiger partial charge in [-0.15, -0.1) is 0 Å². The number of aromatic nitrogens is 4. The van der Waals surface area contributed by atoms with Crippen molar-refractivity contribution in [3.8, 4) is 6.07 Å². The van der Waals surface area contributed by atoms with Gasteiger partial charge in [0.2, 0.25) is 11.1 Å². The van der Waals surface area contributed by atoms with Crippen LogP contribution in [0.2, 0.25) is 0 Å². The maximum atomic E-state index is 12.7. The molecule has 0 aliphatic rings. The molecule has 0 radical (unpaired) electrons. The lowest BCUT2D eigenvalue weighted by atomic mass is 10.1. The third kappa shape index (κ3) is 1.69. The average molecular weight is 329 g/mol. The first-order valence-corrected chi connectivity index (χ1v) is 7.34. The molecule has 8 heteroatoms. The molecule has 4 aromatic heterocycles. The zero-order chi connectivity index (χ0) is 17.1. The summed E-state index contributed by atoms with van der Waals surface area (Å²) in [6.07, 6.45) is 1.28. The van der Waals surface area contributed by atoms with Crippen molar-refractivity contribution < 1.29 is 4.42 Å². The minimum Gasteiger partial charge on any atom is -0.439 e. The molecule has 5 aromatic rings. The first-order valence-electron chi connectivity index (χ1n) is 7.34. The maximum Gasteiger partial charge on any atom is 0.283 e. The van der Waals surface area contributed by atoms with Crippen molar-refractivity contribution in [1.29, 1.82) is 5.26 Å². The third-order valence-electron chi connectivity index (χ3n) is 4.11. The fourth-order valence-electron chi connectivity index (χ4n) is 2.92. The number of hydrogen-bond donors (Lipinski definition) is 1. The number of fused-ring (bicyclic) bond motifs is 4. The predicted octanol–water partition coefficient (Wildman–Crippen LogP) is 1.70. The lowest BCUT2D eigenvalue weighted by Gasteiger charge is -2.04. The average Bonchev–Trinajstić information content (AvgIpc) is 3.04. The minimum atomic E-state index is -0.466. The SMILES string of the molecule is N#Cc1cnn2c(=O)c3cc4c(=O)c5ccccc5oc4[nH]c3nc12. The van der Waals surface area contributed by atoms with Gasteiger partial charge in [-0.2, -0.15) is 14.9 Å². The van der Waals surface area contributed by atoms with Gasteiger partial charge in [0.1, 0.15) is 22.9 Å². The quantitative estimate of drug-likeness (QED) is 0.432. The summed E-state index contributed by atoms with van der Waals surface area (Å²) >= 11 is 0. The fourth-order valence-corrected chi connectivity index (χ4v) is 2.92. The molecule has 1 N–H and O–H groups in total. The van der Waals surface area contributed by atoms with E-state index in [1.807, 2.05) is 6.07 Å². The molecule has 118 valence electrons. The van der Waals surface area contributed by atoms with Crippen LogP contribution >= 0.6 is 0 Å². The van der Waals surface area contributed by atoms with E-state index < -0.39 is 5.56 Å². The number of nitrogens with zero attached hydrogens (tertiary/aromatic N) is 4. The summed E-state index contributed by atoms with van der Waals surface area (Å²) in [4.78, 5) is 32.5. The fraction of sp³-hybridized carbons (Fsp3) is 0. The molecule has 0 aliphatic carbocycles. The maximum absolute atomic E-state index is 12.7. The van der Waals surface area contributed by atoms with Gasteiger partial charge in [0, 0.05) is 0 Å². The van der Waals surface area contributed by atoms with E-state index in [4.69, 9.17) is 9.68 Å². The first kappa shape index (κ1) is 13.4. The van der Waals surface area contributed by atoms with Gasteiger partial charge in [-0.05, 0) is 18.2 Å². The zero-order valence-electron chi connectivity index (χ0n) is 12.5. The molecule has 0 aliphatic heterocycles. The van der Waals surface area contributed by atoms with Crippen molar-refractivity contribution in [3.05, 3.63) is 62.7 Å². The van der Waals surface area contributed by atoms with Crippen LogP contribution in [0.5, 0.6) is 0 Å². The molecular formula is C17H7N5O3. The standard InChI is InChI=1S/C17H7N5O3/c18-6-8-7-19-22-15(8)20-14-11(17(22)24)5-10-13(23)9-3-1-2-4-12(9)25-16(10)21-14/h1-5,7H,(H,20,21). The van der Waals surface area contributed by atoms with Gasteiger partial charge in [0.05, 0.1) is 22.4 Å². The Balaban J connectivity index is 2.04. The lowest BCUT2D eigenvalue weighted by Crippen LogP contribution is -2.16. The Kier molecular flexibility index (Phi) is 2.43. The number of nitrogens with one attached hydrogen (secondary N) is 1.